The van der Waals surface area contributed by atoms with Crippen LogP contribution in [0.15, 0.2) is 30.6 Å². The van der Waals surface area contributed by atoms with E-state index in [2.05, 4.69) is 9.97 Å². The van der Waals surface area contributed by atoms with Crippen LogP contribution in [0.1, 0.15) is 5.69 Å². The van der Waals surface area contributed by atoms with Gasteiger partial charge in [0.1, 0.15) is 10.7 Å². The zero-order valence-corrected chi connectivity index (χ0v) is 11.3. The van der Waals surface area contributed by atoms with Crippen molar-refractivity contribution in [3.8, 4) is 11.6 Å². The maximum atomic E-state index is 5.88. The lowest BCUT2D eigenvalue weighted by molar-refractivity contribution is 0.459. The van der Waals surface area contributed by atoms with Crippen molar-refractivity contribution in [3.63, 3.8) is 0 Å². The smallest absolute Gasteiger partial charge is 0.248 e. The Morgan fingerprint density at radius 3 is 2.56 bits per heavy atom. The molecule has 0 radical (unpaired) electrons. The largest absolute Gasteiger partial charge is 0.437 e. The summed E-state index contributed by atoms with van der Waals surface area (Å²) in [5.74, 6) is 0.700. The number of thiocarbonyl (C=S) groups is 1. The lowest BCUT2D eigenvalue weighted by atomic mass is 10.3. The van der Waals surface area contributed by atoms with E-state index in [1.807, 2.05) is 0 Å². The van der Waals surface area contributed by atoms with Crippen molar-refractivity contribution in [3.05, 3.63) is 46.3 Å². The van der Waals surface area contributed by atoms with Gasteiger partial charge in [-0.1, -0.05) is 35.4 Å². The minimum absolute atomic E-state index is 0.109. The second-order valence-corrected chi connectivity index (χ2v) is 4.51. The Kier molecular flexibility index (Phi) is 3.96. The molecule has 18 heavy (non-hydrogen) atoms. The summed E-state index contributed by atoms with van der Waals surface area (Å²) in [6, 6.07) is 4.85. The first-order valence-electron chi connectivity index (χ1n) is 4.81. The minimum Gasteiger partial charge on any atom is -0.437 e. The summed E-state index contributed by atoms with van der Waals surface area (Å²) in [6.45, 7) is 0. The van der Waals surface area contributed by atoms with E-state index >= 15 is 0 Å². The van der Waals surface area contributed by atoms with Crippen molar-refractivity contribution in [2.75, 3.05) is 0 Å². The lowest BCUT2D eigenvalue weighted by Gasteiger charge is -2.08. The van der Waals surface area contributed by atoms with Crippen LogP contribution in [0.3, 0.4) is 0 Å². The van der Waals surface area contributed by atoms with E-state index in [1.54, 1.807) is 18.2 Å². The number of ether oxygens (including phenoxy) is 1. The Bertz CT molecular complexity index is 607. The molecule has 0 spiro atoms. The molecular formula is C11H7Cl2N3OS. The highest BCUT2D eigenvalue weighted by Crippen LogP contribution is 2.29. The van der Waals surface area contributed by atoms with Crippen LogP contribution in [0.4, 0.5) is 0 Å². The van der Waals surface area contributed by atoms with Gasteiger partial charge >= 0.3 is 0 Å². The van der Waals surface area contributed by atoms with Crippen molar-refractivity contribution in [1.29, 1.82) is 0 Å². The Balaban J connectivity index is 2.34. The first-order valence-corrected chi connectivity index (χ1v) is 5.98. The van der Waals surface area contributed by atoms with E-state index in [-0.39, 0.29) is 10.9 Å². The minimum atomic E-state index is 0.109. The van der Waals surface area contributed by atoms with Gasteiger partial charge in [-0.15, -0.1) is 0 Å². The first-order chi connectivity index (χ1) is 8.58. The quantitative estimate of drug-likeness (QED) is 0.882. The van der Waals surface area contributed by atoms with Crippen molar-refractivity contribution in [1.82, 2.24) is 9.97 Å². The predicted molar refractivity (Wildman–Crippen MR) is 74.5 cm³/mol. The monoisotopic (exact) mass is 299 g/mol. The maximum Gasteiger partial charge on any atom is 0.248 e. The van der Waals surface area contributed by atoms with E-state index in [0.717, 1.165) is 0 Å². The molecule has 1 heterocycles. The van der Waals surface area contributed by atoms with Gasteiger partial charge in [-0.2, -0.15) is 0 Å². The van der Waals surface area contributed by atoms with E-state index in [4.69, 9.17) is 45.9 Å². The SMILES string of the molecule is NC(=S)c1nccnc1Oc1ccc(Cl)c(Cl)c1. The molecule has 7 heteroatoms. The van der Waals surface area contributed by atoms with E-state index < -0.39 is 0 Å². The van der Waals surface area contributed by atoms with E-state index in [0.29, 0.717) is 21.5 Å². The highest BCUT2D eigenvalue weighted by molar-refractivity contribution is 7.80. The molecule has 0 aliphatic heterocycles. The predicted octanol–water partition coefficient (Wildman–Crippen LogP) is 3.21. The van der Waals surface area contributed by atoms with Crippen LogP contribution < -0.4 is 10.5 Å². The summed E-state index contributed by atoms with van der Waals surface area (Å²) in [5.41, 5.74) is 5.84. The number of nitrogens with two attached hydrogens (primary N) is 1. The highest BCUT2D eigenvalue weighted by atomic mass is 35.5. The number of hydrogen-bond acceptors (Lipinski definition) is 4. The molecule has 0 bridgehead atoms. The third-order valence-corrected chi connectivity index (χ3v) is 2.94. The number of halogens is 2. The Labute approximate surface area is 119 Å². The average Bonchev–Trinajstić information content (AvgIpc) is 2.34. The molecule has 0 atom stereocenters. The fraction of sp³-hybridized carbons (Fsp3) is 0. The third-order valence-electron chi connectivity index (χ3n) is 2.00. The Morgan fingerprint density at radius 2 is 1.89 bits per heavy atom. The van der Waals surface area contributed by atoms with Crippen LogP contribution in [0.5, 0.6) is 11.6 Å². The maximum absolute atomic E-state index is 5.88. The molecule has 0 aliphatic rings. The second-order valence-electron chi connectivity index (χ2n) is 3.25. The van der Waals surface area contributed by atoms with Crippen molar-refractivity contribution in [2.24, 2.45) is 5.73 Å². The van der Waals surface area contributed by atoms with Gasteiger partial charge in [-0.25, -0.2) is 9.97 Å². The first kappa shape index (κ1) is 13.0. The van der Waals surface area contributed by atoms with Gasteiger partial charge in [0.2, 0.25) is 5.88 Å². The van der Waals surface area contributed by atoms with Gasteiger partial charge in [0, 0.05) is 18.5 Å². The van der Waals surface area contributed by atoms with Gasteiger partial charge in [0.05, 0.1) is 10.0 Å². The molecule has 1 aromatic carbocycles. The van der Waals surface area contributed by atoms with Crippen LogP contribution in [0.25, 0.3) is 0 Å². The molecule has 2 N–H and O–H groups in total. The summed E-state index contributed by atoms with van der Waals surface area (Å²) in [4.78, 5) is 8.13. The number of nitrogens with zero attached hydrogens (tertiary/aromatic N) is 2. The second kappa shape index (κ2) is 5.48. The molecule has 0 aliphatic carbocycles. The molecule has 1 aromatic heterocycles. The topological polar surface area (TPSA) is 61.0 Å². The Morgan fingerprint density at radius 1 is 1.17 bits per heavy atom. The molecular weight excluding hydrogens is 293 g/mol. The van der Waals surface area contributed by atoms with Crippen LogP contribution in [-0.2, 0) is 0 Å². The average molecular weight is 300 g/mol. The molecule has 2 rings (SSSR count). The number of rotatable bonds is 3. The highest BCUT2D eigenvalue weighted by Gasteiger charge is 2.10. The summed E-state index contributed by atoms with van der Waals surface area (Å²) < 4.78 is 5.52. The van der Waals surface area contributed by atoms with Crippen LogP contribution in [0.2, 0.25) is 10.0 Å². The molecule has 4 nitrogen and oxygen atoms in total. The molecule has 2 aromatic rings. The standard InChI is InChI=1S/C11H7Cl2N3OS/c12-7-2-1-6(5-8(7)13)17-11-9(10(14)18)15-3-4-16-11/h1-5H,(H2,14,18). The number of aromatic nitrogens is 2. The number of hydrogen-bond donors (Lipinski definition) is 1. The van der Waals surface area contributed by atoms with Crippen LogP contribution in [0, 0.1) is 0 Å². The lowest BCUT2D eigenvalue weighted by Crippen LogP contribution is -2.13. The molecule has 0 amide bonds. The van der Waals surface area contributed by atoms with Gasteiger partial charge in [-0.3, -0.25) is 0 Å². The summed E-state index contributed by atoms with van der Waals surface area (Å²) in [6.07, 6.45) is 2.96. The van der Waals surface area contributed by atoms with Gasteiger partial charge in [-0.05, 0) is 12.1 Å². The van der Waals surface area contributed by atoms with Crippen molar-refractivity contribution in [2.45, 2.75) is 0 Å². The Hall–Kier alpha value is -1.43. The van der Waals surface area contributed by atoms with Crippen molar-refractivity contribution >= 4 is 40.4 Å². The van der Waals surface area contributed by atoms with Crippen molar-refractivity contribution < 1.29 is 4.74 Å². The van der Waals surface area contributed by atoms with Gasteiger partial charge in [0.15, 0.2) is 5.69 Å². The molecule has 0 unspecified atom stereocenters. The molecule has 0 saturated heterocycles. The normalized spacial score (nSPS) is 10.1. The molecule has 92 valence electrons. The fourth-order valence-corrected chi connectivity index (χ4v) is 1.65. The molecule has 0 saturated carbocycles. The summed E-state index contributed by atoms with van der Waals surface area (Å²) >= 11 is 16.6. The number of benzene rings is 1. The summed E-state index contributed by atoms with van der Waals surface area (Å²) in [5, 5.41) is 0.827. The van der Waals surface area contributed by atoms with Gasteiger partial charge in [0.25, 0.3) is 0 Å². The fourth-order valence-electron chi connectivity index (χ4n) is 1.22. The van der Waals surface area contributed by atoms with Crippen LogP contribution in [-0.4, -0.2) is 15.0 Å². The zero-order chi connectivity index (χ0) is 13.1. The summed E-state index contributed by atoms with van der Waals surface area (Å²) in [7, 11) is 0. The van der Waals surface area contributed by atoms with Crippen LogP contribution >= 0.6 is 35.4 Å². The third kappa shape index (κ3) is 2.87. The molecule has 0 fully saturated rings. The zero-order valence-electron chi connectivity index (χ0n) is 8.93. The van der Waals surface area contributed by atoms with E-state index in [9.17, 15) is 0 Å². The van der Waals surface area contributed by atoms with E-state index in [1.165, 1.54) is 12.4 Å². The van der Waals surface area contributed by atoms with Gasteiger partial charge < -0.3 is 10.5 Å².